The van der Waals surface area contributed by atoms with Gasteiger partial charge in [-0.15, -0.1) is 34.0 Å². The molecule has 0 radical (unpaired) electrons. The van der Waals surface area contributed by atoms with E-state index in [0.29, 0.717) is 5.84 Å². The van der Waals surface area contributed by atoms with Crippen LogP contribution < -0.4 is 5.73 Å². The van der Waals surface area contributed by atoms with E-state index in [2.05, 4.69) is 46.3 Å². The lowest BCUT2D eigenvalue weighted by Crippen LogP contribution is -2.29. The summed E-state index contributed by atoms with van der Waals surface area (Å²) < 4.78 is 0. The normalized spacial score (nSPS) is 14.4. The number of aliphatic imine (C=N–C) groups is 1. The van der Waals surface area contributed by atoms with Gasteiger partial charge >= 0.3 is 0 Å². The van der Waals surface area contributed by atoms with E-state index in [4.69, 9.17) is 5.73 Å². The molecular formula is C18H23Br2N3. The van der Waals surface area contributed by atoms with Crippen molar-refractivity contribution < 1.29 is 0 Å². The number of halogens is 2. The minimum Gasteiger partial charge on any atom is -0.387 e. The molecule has 0 bridgehead atoms. The number of hydrogen-bond acceptors (Lipinski definition) is 2. The summed E-state index contributed by atoms with van der Waals surface area (Å²) in [6.07, 6.45) is 1.14. The first kappa shape index (κ1) is 19.9. The quantitative estimate of drug-likeness (QED) is 0.567. The predicted octanol–water partition coefficient (Wildman–Crippen LogP) is 4.41. The molecule has 0 fully saturated rings. The van der Waals surface area contributed by atoms with Crippen molar-refractivity contribution in [3.8, 4) is 0 Å². The molecule has 0 atom stereocenters. The summed E-state index contributed by atoms with van der Waals surface area (Å²) in [6, 6.07) is 17.1. The second-order valence-electron chi connectivity index (χ2n) is 5.65. The summed E-state index contributed by atoms with van der Waals surface area (Å²) in [4.78, 5) is 6.75. The molecule has 1 aliphatic heterocycles. The van der Waals surface area contributed by atoms with Crippen molar-refractivity contribution >= 4 is 45.5 Å². The molecule has 0 aromatic heterocycles. The minimum atomic E-state index is 0. The number of amidine groups is 1. The fraction of sp³-hybridized carbons (Fsp3) is 0.278. The Morgan fingerprint density at radius 3 is 2.35 bits per heavy atom. The molecule has 0 unspecified atom stereocenters. The molecule has 2 aromatic rings. The Hall–Kier alpha value is -1.17. The Kier molecular flexibility index (Phi) is 7.95. The third-order valence-electron chi connectivity index (χ3n) is 3.86. The molecule has 2 aromatic carbocycles. The number of benzene rings is 2. The Morgan fingerprint density at radius 2 is 1.70 bits per heavy atom. The van der Waals surface area contributed by atoms with Gasteiger partial charge in [0.25, 0.3) is 0 Å². The standard InChI is InChI=1S/C18H21N3.2BrH/c1-14(19)20-18-8-6-15(7-9-18)12-21-11-10-16-4-2-3-5-17(16)13-21;;/h2-9H,10-13H2,1H3,(H2,19,20);2*1H. The summed E-state index contributed by atoms with van der Waals surface area (Å²) >= 11 is 0. The van der Waals surface area contributed by atoms with Crippen LogP contribution in [0, 0.1) is 0 Å². The number of nitrogens with two attached hydrogens (primary N) is 1. The molecule has 124 valence electrons. The van der Waals surface area contributed by atoms with Gasteiger partial charge in [-0.2, -0.15) is 0 Å². The first-order chi connectivity index (χ1) is 10.2. The van der Waals surface area contributed by atoms with Crippen molar-refractivity contribution in [2.24, 2.45) is 10.7 Å². The monoisotopic (exact) mass is 439 g/mol. The lowest BCUT2D eigenvalue weighted by molar-refractivity contribution is 0.245. The van der Waals surface area contributed by atoms with Gasteiger partial charge in [-0.1, -0.05) is 36.4 Å². The zero-order valence-corrected chi connectivity index (χ0v) is 16.7. The van der Waals surface area contributed by atoms with Gasteiger partial charge in [0.15, 0.2) is 0 Å². The summed E-state index contributed by atoms with van der Waals surface area (Å²) in [5, 5.41) is 0. The molecule has 23 heavy (non-hydrogen) atoms. The summed E-state index contributed by atoms with van der Waals surface area (Å²) in [7, 11) is 0. The highest BCUT2D eigenvalue weighted by atomic mass is 79.9. The number of nitrogens with zero attached hydrogens (tertiary/aromatic N) is 2. The predicted molar refractivity (Wildman–Crippen MR) is 108 cm³/mol. The summed E-state index contributed by atoms with van der Waals surface area (Å²) in [5.74, 6) is 0.593. The largest absolute Gasteiger partial charge is 0.387 e. The first-order valence-electron chi connectivity index (χ1n) is 7.39. The molecule has 2 N–H and O–H groups in total. The van der Waals surface area contributed by atoms with E-state index < -0.39 is 0 Å². The first-order valence-corrected chi connectivity index (χ1v) is 7.39. The molecule has 3 nitrogen and oxygen atoms in total. The van der Waals surface area contributed by atoms with Gasteiger partial charge in [0, 0.05) is 19.6 Å². The van der Waals surface area contributed by atoms with Gasteiger partial charge in [0.2, 0.25) is 0 Å². The van der Waals surface area contributed by atoms with Crippen molar-refractivity contribution in [1.29, 1.82) is 0 Å². The average molecular weight is 441 g/mol. The van der Waals surface area contributed by atoms with Crippen molar-refractivity contribution in [2.45, 2.75) is 26.4 Å². The third-order valence-corrected chi connectivity index (χ3v) is 3.86. The zero-order valence-electron chi connectivity index (χ0n) is 13.2. The maximum atomic E-state index is 5.60. The van der Waals surface area contributed by atoms with E-state index in [1.54, 1.807) is 6.92 Å². The molecule has 0 saturated carbocycles. The van der Waals surface area contributed by atoms with Crippen molar-refractivity contribution in [3.63, 3.8) is 0 Å². The maximum absolute atomic E-state index is 5.60. The van der Waals surface area contributed by atoms with Gasteiger partial charge in [0.1, 0.15) is 0 Å². The highest BCUT2D eigenvalue weighted by Gasteiger charge is 2.15. The van der Waals surface area contributed by atoms with Crippen LogP contribution in [0.15, 0.2) is 53.5 Å². The van der Waals surface area contributed by atoms with E-state index in [1.807, 2.05) is 12.1 Å². The van der Waals surface area contributed by atoms with E-state index in [9.17, 15) is 0 Å². The smallest absolute Gasteiger partial charge is 0.0964 e. The van der Waals surface area contributed by atoms with E-state index in [0.717, 1.165) is 31.7 Å². The van der Waals surface area contributed by atoms with Gasteiger partial charge in [0.05, 0.1) is 11.5 Å². The molecule has 0 aliphatic carbocycles. The Labute approximate surface area is 159 Å². The maximum Gasteiger partial charge on any atom is 0.0964 e. The van der Waals surface area contributed by atoms with Crippen LogP contribution >= 0.6 is 34.0 Å². The van der Waals surface area contributed by atoms with Crippen LogP contribution in [-0.4, -0.2) is 17.3 Å². The van der Waals surface area contributed by atoms with Crippen molar-refractivity contribution in [2.75, 3.05) is 6.54 Å². The second kappa shape index (κ2) is 9.21. The zero-order chi connectivity index (χ0) is 14.7. The van der Waals surface area contributed by atoms with Gasteiger partial charge in [-0.05, 0) is 42.2 Å². The number of rotatable bonds is 3. The van der Waals surface area contributed by atoms with E-state index in [1.165, 1.54) is 16.7 Å². The van der Waals surface area contributed by atoms with E-state index >= 15 is 0 Å². The van der Waals surface area contributed by atoms with Crippen LogP contribution in [0.5, 0.6) is 0 Å². The van der Waals surface area contributed by atoms with Crippen LogP contribution in [-0.2, 0) is 19.5 Å². The minimum absolute atomic E-state index is 0. The van der Waals surface area contributed by atoms with Gasteiger partial charge < -0.3 is 5.73 Å². The molecule has 5 heteroatoms. The average Bonchev–Trinajstić information content (AvgIpc) is 2.49. The molecule has 0 amide bonds. The molecule has 0 spiro atoms. The molecular weight excluding hydrogens is 418 g/mol. The summed E-state index contributed by atoms with van der Waals surface area (Å²) in [5.41, 5.74) is 10.8. The fourth-order valence-electron chi connectivity index (χ4n) is 2.83. The highest BCUT2D eigenvalue weighted by Crippen LogP contribution is 2.21. The Bertz CT molecular complexity index is 650. The highest BCUT2D eigenvalue weighted by molar-refractivity contribution is 8.93. The van der Waals surface area contributed by atoms with Crippen molar-refractivity contribution in [1.82, 2.24) is 4.90 Å². The molecule has 1 aliphatic rings. The summed E-state index contributed by atoms with van der Waals surface area (Å²) in [6.45, 7) is 4.95. The van der Waals surface area contributed by atoms with Crippen LogP contribution in [0.25, 0.3) is 0 Å². The lowest BCUT2D eigenvalue weighted by atomic mass is 9.99. The van der Waals surface area contributed by atoms with Gasteiger partial charge in [-0.25, -0.2) is 4.99 Å². The lowest BCUT2D eigenvalue weighted by Gasteiger charge is -2.28. The number of hydrogen-bond donors (Lipinski definition) is 1. The van der Waals surface area contributed by atoms with Gasteiger partial charge in [-0.3, -0.25) is 4.90 Å². The second-order valence-corrected chi connectivity index (χ2v) is 5.65. The third kappa shape index (κ3) is 5.44. The van der Waals surface area contributed by atoms with Crippen LogP contribution in [0.1, 0.15) is 23.6 Å². The van der Waals surface area contributed by atoms with Crippen molar-refractivity contribution in [3.05, 3.63) is 65.2 Å². The van der Waals surface area contributed by atoms with Crippen LogP contribution in [0.3, 0.4) is 0 Å². The Morgan fingerprint density at radius 1 is 1.04 bits per heavy atom. The topological polar surface area (TPSA) is 41.6 Å². The molecule has 1 heterocycles. The fourth-order valence-corrected chi connectivity index (χ4v) is 2.83. The molecule has 0 saturated heterocycles. The number of fused-ring (bicyclic) bond motifs is 1. The van der Waals surface area contributed by atoms with Crippen LogP contribution in [0.2, 0.25) is 0 Å². The SMILES string of the molecule is Br.Br.CC(N)=Nc1ccc(CN2CCc3ccccc3C2)cc1. The van der Waals surface area contributed by atoms with E-state index in [-0.39, 0.29) is 34.0 Å². The molecule has 3 rings (SSSR count). The Balaban J connectivity index is 0.00000132. The van der Waals surface area contributed by atoms with Crippen LogP contribution in [0.4, 0.5) is 5.69 Å².